The molecular weight excluding hydrogens is 423 g/mol. The van der Waals surface area contributed by atoms with Gasteiger partial charge in [0.2, 0.25) is 5.91 Å². The van der Waals surface area contributed by atoms with Crippen LogP contribution in [0.5, 0.6) is 0 Å². The lowest BCUT2D eigenvalue weighted by atomic mass is 9.91. The molecule has 2 fully saturated rings. The first-order valence-corrected chi connectivity index (χ1v) is 11.3. The number of benzene rings is 2. The van der Waals surface area contributed by atoms with Crippen LogP contribution in [0.4, 0.5) is 14.9 Å². The number of piperazine rings is 1. The smallest absolute Gasteiger partial charge is 0.325 e. The molecule has 0 bridgehead atoms. The minimum Gasteiger partial charge on any atom is -0.366 e. The van der Waals surface area contributed by atoms with Gasteiger partial charge in [-0.15, -0.1) is 0 Å². The first kappa shape index (κ1) is 22.8. The molecule has 0 radical (unpaired) electrons. The van der Waals surface area contributed by atoms with E-state index in [2.05, 4.69) is 12.2 Å². The van der Waals surface area contributed by atoms with E-state index in [1.807, 2.05) is 29.2 Å². The summed E-state index contributed by atoms with van der Waals surface area (Å²) in [6.45, 7) is 5.21. The Morgan fingerprint density at radius 1 is 1.03 bits per heavy atom. The third-order valence-electron chi connectivity index (χ3n) is 6.46. The maximum absolute atomic E-state index is 14.0. The van der Waals surface area contributed by atoms with Crippen molar-refractivity contribution in [3.63, 3.8) is 0 Å². The van der Waals surface area contributed by atoms with Crippen molar-refractivity contribution in [2.45, 2.75) is 32.2 Å². The van der Waals surface area contributed by atoms with E-state index in [-0.39, 0.29) is 18.3 Å². The number of carbonyl (C=O) groups excluding carboxylic acids is 3. The number of hydrogen-bond acceptors (Lipinski definition) is 4. The molecule has 33 heavy (non-hydrogen) atoms. The molecule has 2 aliphatic heterocycles. The topological polar surface area (TPSA) is 73.0 Å². The fourth-order valence-electron chi connectivity index (χ4n) is 4.47. The number of imide groups is 1. The Labute approximate surface area is 193 Å². The largest absolute Gasteiger partial charge is 0.366 e. The molecule has 2 heterocycles. The summed E-state index contributed by atoms with van der Waals surface area (Å²) in [7, 11) is 0. The van der Waals surface area contributed by atoms with Gasteiger partial charge in [0, 0.05) is 26.2 Å². The number of hydrogen-bond donors (Lipinski definition) is 1. The van der Waals surface area contributed by atoms with Crippen molar-refractivity contribution in [2.75, 3.05) is 37.6 Å². The first-order valence-electron chi connectivity index (χ1n) is 11.3. The summed E-state index contributed by atoms with van der Waals surface area (Å²) in [4.78, 5) is 43.2. The number of urea groups is 1. The number of rotatable bonds is 6. The molecule has 2 aromatic rings. The van der Waals surface area contributed by atoms with Gasteiger partial charge in [-0.05, 0) is 36.6 Å². The molecule has 2 saturated heterocycles. The van der Waals surface area contributed by atoms with Crippen molar-refractivity contribution in [2.24, 2.45) is 0 Å². The second kappa shape index (κ2) is 9.21. The van der Waals surface area contributed by atoms with E-state index in [1.165, 1.54) is 11.6 Å². The first-order chi connectivity index (χ1) is 15.8. The van der Waals surface area contributed by atoms with Crippen LogP contribution in [-0.2, 0) is 21.5 Å². The summed E-state index contributed by atoms with van der Waals surface area (Å²) in [5.74, 6) is -1.03. The maximum Gasteiger partial charge on any atom is 0.325 e. The van der Waals surface area contributed by atoms with Crippen LogP contribution in [0.25, 0.3) is 0 Å². The van der Waals surface area contributed by atoms with Crippen LogP contribution >= 0.6 is 0 Å². The van der Waals surface area contributed by atoms with Crippen LogP contribution in [0.15, 0.2) is 48.5 Å². The zero-order chi connectivity index (χ0) is 23.6. The molecule has 174 valence electrons. The van der Waals surface area contributed by atoms with E-state index in [0.29, 0.717) is 37.4 Å². The van der Waals surface area contributed by atoms with Gasteiger partial charge in [0.25, 0.3) is 5.91 Å². The number of aryl methyl sites for hydroxylation is 1. The van der Waals surface area contributed by atoms with Crippen LogP contribution in [0.1, 0.15) is 31.4 Å². The van der Waals surface area contributed by atoms with Gasteiger partial charge in [0.05, 0.1) is 5.69 Å². The standard InChI is InChI=1S/C25H29FN4O3/c1-3-6-18-9-11-19(12-10-18)25(2)23(32)30(24(33)27-25)17-22(31)29-15-13-28(14-16-29)21-8-5-4-7-20(21)26/h4-5,7-12H,3,6,13-17H2,1-2H3,(H,27,33). The highest BCUT2D eigenvalue weighted by atomic mass is 19.1. The van der Waals surface area contributed by atoms with Crippen molar-refractivity contribution in [1.29, 1.82) is 0 Å². The molecule has 8 heteroatoms. The van der Waals surface area contributed by atoms with E-state index in [4.69, 9.17) is 0 Å². The van der Waals surface area contributed by atoms with Gasteiger partial charge in [0.15, 0.2) is 0 Å². The van der Waals surface area contributed by atoms with Crippen LogP contribution in [-0.4, -0.2) is 60.4 Å². The van der Waals surface area contributed by atoms with E-state index < -0.39 is 17.5 Å². The Morgan fingerprint density at radius 2 is 1.70 bits per heavy atom. The number of nitrogens with zero attached hydrogens (tertiary/aromatic N) is 3. The van der Waals surface area contributed by atoms with Crippen molar-refractivity contribution in [3.8, 4) is 0 Å². The quantitative estimate of drug-likeness (QED) is 0.684. The van der Waals surface area contributed by atoms with Crippen molar-refractivity contribution < 1.29 is 18.8 Å². The Kier molecular flexibility index (Phi) is 6.35. The Balaban J connectivity index is 1.39. The molecule has 4 amide bonds. The lowest BCUT2D eigenvalue weighted by Gasteiger charge is -2.36. The van der Waals surface area contributed by atoms with E-state index in [9.17, 15) is 18.8 Å². The molecule has 2 aromatic carbocycles. The summed E-state index contributed by atoms with van der Waals surface area (Å²) in [6.07, 6.45) is 1.97. The lowest BCUT2D eigenvalue weighted by Crippen LogP contribution is -2.52. The monoisotopic (exact) mass is 452 g/mol. The molecule has 0 saturated carbocycles. The van der Waals surface area contributed by atoms with Gasteiger partial charge < -0.3 is 15.1 Å². The summed E-state index contributed by atoms with van der Waals surface area (Å²) < 4.78 is 14.0. The third kappa shape index (κ3) is 4.42. The van der Waals surface area contributed by atoms with E-state index in [1.54, 1.807) is 30.0 Å². The molecule has 0 spiro atoms. The van der Waals surface area contributed by atoms with Crippen LogP contribution < -0.4 is 10.2 Å². The molecule has 1 atom stereocenters. The third-order valence-corrected chi connectivity index (χ3v) is 6.46. The van der Waals surface area contributed by atoms with Gasteiger partial charge in [-0.1, -0.05) is 49.7 Å². The Hall–Kier alpha value is -3.42. The fraction of sp³-hybridized carbons (Fsp3) is 0.400. The number of halogens is 1. The second-order valence-corrected chi connectivity index (χ2v) is 8.71. The molecule has 0 aliphatic carbocycles. The van der Waals surface area contributed by atoms with Crippen molar-refractivity contribution >= 4 is 23.5 Å². The normalized spacial score (nSPS) is 20.9. The number of para-hydroxylation sites is 1. The molecule has 0 aromatic heterocycles. The van der Waals surface area contributed by atoms with Crippen molar-refractivity contribution in [3.05, 3.63) is 65.5 Å². The fourth-order valence-corrected chi connectivity index (χ4v) is 4.47. The number of amides is 4. The SMILES string of the molecule is CCCc1ccc(C2(C)NC(=O)N(CC(=O)N3CCN(c4ccccc4F)CC3)C2=O)cc1. The average Bonchev–Trinajstić information content (AvgIpc) is 3.04. The summed E-state index contributed by atoms with van der Waals surface area (Å²) >= 11 is 0. The molecule has 2 aliphatic rings. The summed E-state index contributed by atoms with van der Waals surface area (Å²) in [5.41, 5.74) is 1.17. The van der Waals surface area contributed by atoms with Gasteiger partial charge in [-0.2, -0.15) is 0 Å². The lowest BCUT2D eigenvalue weighted by molar-refractivity contribution is -0.139. The van der Waals surface area contributed by atoms with E-state index >= 15 is 0 Å². The zero-order valence-electron chi connectivity index (χ0n) is 19.0. The number of nitrogens with one attached hydrogen (secondary N) is 1. The van der Waals surface area contributed by atoms with E-state index in [0.717, 1.165) is 17.7 Å². The second-order valence-electron chi connectivity index (χ2n) is 8.71. The molecule has 4 rings (SSSR count). The van der Waals surface area contributed by atoms with Crippen LogP contribution in [0.2, 0.25) is 0 Å². The maximum atomic E-state index is 14.0. The highest BCUT2D eigenvalue weighted by Gasteiger charge is 2.49. The summed E-state index contributed by atoms with van der Waals surface area (Å²) in [5, 5.41) is 2.76. The van der Waals surface area contributed by atoms with Gasteiger partial charge in [-0.3, -0.25) is 14.5 Å². The molecule has 7 nitrogen and oxygen atoms in total. The van der Waals surface area contributed by atoms with Crippen molar-refractivity contribution in [1.82, 2.24) is 15.1 Å². The zero-order valence-corrected chi connectivity index (χ0v) is 19.0. The summed E-state index contributed by atoms with van der Waals surface area (Å²) in [6, 6.07) is 13.6. The highest BCUT2D eigenvalue weighted by Crippen LogP contribution is 2.29. The van der Waals surface area contributed by atoms with Crippen LogP contribution in [0.3, 0.4) is 0 Å². The molecule has 1 N–H and O–H groups in total. The Bertz CT molecular complexity index is 1050. The number of carbonyl (C=O) groups is 3. The minimum atomic E-state index is -1.20. The molecule has 1 unspecified atom stereocenters. The van der Waals surface area contributed by atoms with Gasteiger partial charge in [0.1, 0.15) is 17.9 Å². The predicted octanol–water partition coefficient (Wildman–Crippen LogP) is 2.89. The van der Waals surface area contributed by atoms with Crippen LogP contribution in [0, 0.1) is 5.82 Å². The number of anilines is 1. The predicted molar refractivity (Wildman–Crippen MR) is 123 cm³/mol. The van der Waals surface area contributed by atoms with Gasteiger partial charge in [-0.25, -0.2) is 9.18 Å². The highest BCUT2D eigenvalue weighted by molar-refractivity contribution is 6.09. The Morgan fingerprint density at radius 3 is 2.33 bits per heavy atom. The van der Waals surface area contributed by atoms with Gasteiger partial charge >= 0.3 is 6.03 Å². The minimum absolute atomic E-state index is 0.293. The average molecular weight is 453 g/mol. The molecular formula is C25H29FN4O3.